The van der Waals surface area contributed by atoms with Crippen LogP contribution in [0.1, 0.15) is 48.8 Å². The van der Waals surface area contributed by atoms with E-state index in [4.69, 9.17) is 5.73 Å². The predicted octanol–water partition coefficient (Wildman–Crippen LogP) is 3.76. The van der Waals surface area contributed by atoms with E-state index in [9.17, 15) is 10.2 Å². The van der Waals surface area contributed by atoms with Crippen LogP contribution in [-0.2, 0) is 18.3 Å². The lowest BCUT2D eigenvalue weighted by atomic mass is 9.55. The molecule has 0 unspecified atom stereocenters. The summed E-state index contributed by atoms with van der Waals surface area (Å²) in [6.45, 7) is 0. The lowest BCUT2D eigenvalue weighted by Gasteiger charge is -2.50. The van der Waals surface area contributed by atoms with Gasteiger partial charge in [0.05, 0.1) is 6.10 Å². The molecule has 1 fully saturated rings. The third kappa shape index (κ3) is 2.56. The van der Waals surface area contributed by atoms with Crippen molar-refractivity contribution in [2.24, 2.45) is 5.73 Å². The Kier molecular flexibility index (Phi) is 3.75. The Bertz CT molecular complexity index is 919. The average molecular weight is 361 g/mol. The summed E-state index contributed by atoms with van der Waals surface area (Å²) < 4.78 is 0. The fraction of sp³-hybridized carbons (Fsp3) is 0.417. The number of hydrogen-bond donors (Lipinski definition) is 3. The number of aromatic hydroxyl groups is 1. The molecule has 140 valence electrons. The first kappa shape index (κ1) is 17.0. The summed E-state index contributed by atoms with van der Waals surface area (Å²) in [6.07, 6.45) is 5.88. The molecule has 2 aromatic rings. The van der Waals surface area contributed by atoms with E-state index >= 15 is 0 Å². The normalized spacial score (nSPS) is 32.0. The van der Waals surface area contributed by atoms with Gasteiger partial charge in [0.2, 0.25) is 0 Å². The molecule has 0 bridgehead atoms. The Morgan fingerprint density at radius 3 is 2.63 bits per heavy atom. The summed E-state index contributed by atoms with van der Waals surface area (Å²) in [7, 11) is 0. The summed E-state index contributed by atoms with van der Waals surface area (Å²) in [5.41, 5.74) is 13.1. The molecule has 0 radical (unpaired) electrons. The van der Waals surface area contributed by atoms with E-state index in [1.54, 1.807) is 0 Å². The van der Waals surface area contributed by atoms with Crippen molar-refractivity contribution in [1.82, 2.24) is 0 Å². The van der Waals surface area contributed by atoms with Gasteiger partial charge in [-0.15, -0.1) is 0 Å². The van der Waals surface area contributed by atoms with Gasteiger partial charge in [-0.1, -0.05) is 42.0 Å². The summed E-state index contributed by atoms with van der Waals surface area (Å²) in [5, 5.41) is 20.4. The van der Waals surface area contributed by atoms with Gasteiger partial charge in [-0.25, -0.2) is 0 Å². The van der Waals surface area contributed by atoms with Gasteiger partial charge in [0.1, 0.15) is 5.75 Å². The monoisotopic (exact) mass is 361 g/mol. The number of aryl methyl sites for hydroxylation is 1. The molecular formula is C24H27NO2. The fourth-order valence-corrected chi connectivity index (χ4v) is 6.04. The molecule has 0 heterocycles. The molecule has 3 nitrogen and oxygen atoms in total. The molecule has 0 saturated heterocycles. The maximum atomic E-state index is 10.4. The zero-order valence-corrected chi connectivity index (χ0v) is 15.6. The zero-order chi connectivity index (χ0) is 18.6. The van der Waals surface area contributed by atoms with Crippen molar-refractivity contribution in [3.05, 3.63) is 76.4 Å². The number of nitrogens with two attached hydrogens (primary N) is 1. The van der Waals surface area contributed by atoms with Crippen molar-refractivity contribution in [3.8, 4) is 5.75 Å². The van der Waals surface area contributed by atoms with Crippen LogP contribution in [0.5, 0.6) is 5.75 Å². The van der Waals surface area contributed by atoms with Gasteiger partial charge in [0, 0.05) is 11.0 Å². The number of aliphatic hydroxyl groups is 1. The molecule has 3 heteroatoms. The van der Waals surface area contributed by atoms with Crippen LogP contribution in [0.2, 0.25) is 0 Å². The molecule has 2 aromatic carbocycles. The number of rotatable bonds is 2. The van der Waals surface area contributed by atoms with Gasteiger partial charge in [-0.2, -0.15) is 0 Å². The van der Waals surface area contributed by atoms with Gasteiger partial charge in [-0.05, 0) is 79.3 Å². The van der Waals surface area contributed by atoms with E-state index in [1.807, 2.05) is 12.1 Å². The highest BCUT2D eigenvalue weighted by Crippen LogP contribution is 2.57. The molecule has 3 aliphatic rings. The van der Waals surface area contributed by atoms with E-state index in [1.165, 1.54) is 27.8 Å². The maximum Gasteiger partial charge on any atom is 0.115 e. The quantitative estimate of drug-likeness (QED) is 0.714. The van der Waals surface area contributed by atoms with Crippen LogP contribution in [0.3, 0.4) is 0 Å². The number of allylic oxidation sites excluding steroid dienone is 1. The minimum atomic E-state index is -0.330. The first-order chi connectivity index (χ1) is 13.0. The van der Waals surface area contributed by atoms with Crippen LogP contribution < -0.4 is 5.73 Å². The highest BCUT2D eigenvalue weighted by atomic mass is 16.3. The lowest BCUT2D eigenvalue weighted by molar-refractivity contribution is 0.171. The fourth-order valence-electron chi connectivity index (χ4n) is 6.04. The van der Waals surface area contributed by atoms with E-state index in [0.29, 0.717) is 12.2 Å². The lowest BCUT2D eigenvalue weighted by Crippen LogP contribution is -2.49. The second kappa shape index (κ2) is 5.95. The molecule has 0 aromatic heterocycles. The topological polar surface area (TPSA) is 66.5 Å². The second-order valence-corrected chi connectivity index (χ2v) is 8.76. The largest absolute Gasteiger partial charge is 0.508 e. The number of phenolic OH excluding ortho intramolecular Hbond substituents is 1. The van der Waals surface area contributed by atoms with E-state index in [0.717, 1.165) is 38.5 Å². The van der Waals surface area contributed by atoms with Gasteiger partial charge >= 0.3 is 0 Å². The SMILES string of the molecule is N[C@@]12CC[C@]3(Cc4ccccc4)C(=C1C[C@H](O)C2)CCc1cc(O)ccc13. The minimum absolute atomic E-state index is 0.0646. The van der Waals surface area contributed by atoms with E-state index in [2.05, 4.69) is 36.4 Å². The molecule has 5 rings (SSSR count). The van der Waals surface area contributed by atoms with Crippen LogP contribution in [0.25, 0.3) is 0 Å². The zero-order valence-electron chi connectivity index (χ0n) is 15.6. The summed E-state index contributed by atoms with van der Waals surface area (Å²) >= 11 is 0. The van der Waals surface area contributed by atoms with Crippen molar-refractivity contribution in [2.75, 3.05) is 0 Å². The van der Waals surface area contributed by atoms with Crippen LogP contribution >= 0.6 is 0 Å². The standard InChI is InChI=1S/C24H27NO2/c25-24-11-10-23(14-16-4-2-1-3-5-16)20-9-7-18(26)12-17(20)6-8-21(23)22(24)13-19(27)15-24/h1-5,7,9,12,19,26-27H,6,8,10-11,13-15,25H2/t19-,23+,24+/m0/s1. The maximum absolute atomic E-state index is 10.4. The van der Waals surface area contributed by atoms with E-state index < -0.39 is 0 Å². The van der Waals surface area contributed by atoms with Crippen LogP contribution in [0.4, 0.5) is 0 Å². The Morgan fingerprint density at radius 1 is 1.00 bits per heavy atom. The van der Waals surface area contributed by atoms with Gasteiger partial charge in [0.15, 0.2) is 0 Å². The first-order valence-electron chi connectivity index (χ1n) is 10.1. The second-order valence-electron chi connectivity index (χ2n) is 8.76. The highest BCUT2D eigenvalue weighted by Gasteiger charge is 2.52. The molecule has 3 aliphatic carbocycles. The molecule has 1 saturated carbocycles. The first-order valence-corrected chi connectivity index (χ1v) is 10.1. The molecular weight excluding hydrogens is 334 g/mol. The number of benzene rings is 2. The third-order valence-electron chi connectivity index (χ3n) is 7.18. The van der Waals surface area contributed by atoms with Crippen LogP contribution in [0, 0.1) is 0 Å². The number of hydrogen-bond acceptors (Lipinski definition) is 3. The molecule has 0 aliphatic heterocycles. The molecule has 27 heavy (non-hydrogen) atoms. The van der Waals surface area contributed by atoms with Crippen molar-refractivity contribution in [3.63, 3.8) is 0 Å². The molecule has 3 atom stereocenters. The molecule has 0 spiro atoms. The molecule has 4 N–H and O–H groups in total. The summed E-state index contributed by atoms with van der Waals surface area (Å²) in [4.78, 5) is 0. The van der Waals surface area contributed by atoms with Crippen LogP contribution in [0.15, 0.2) is 59.7 Å². The van der Waals surface area contributed by atoms with Gasteiger partial charge in [0.25, 0.3) is 0 Å². The molecule has 0 amide bonds. The predicted molar refractivity (Wildman–Crippen MR) is 107 cm³/mol. The van der Waals surface area contributed by atoms with Gasteiger partial charge < -0.3 is 15.9 Å². The number of phenols is 1. The van der Waals surface area contributed by atoms with Crippen molar-refractivity contribution >= 4 is 0 Å². The number of fused-ring (bicyclic) bond motifs is 4. The van der Waals surface area contributed by atoms with Crippen molar-refractivity contribution in [2.45, 2.75) is 62.0 Å². The third-order valence-corrected chi connectivity index (χ3v) is 7.18. The Balaban J connectivity index is 1.72. The Hall–Kier alpha value is -2.10. The van der Waals surface area contributed by atoms with Gasteiger partial charge in [-0.3, -0.25) is 0 Å². The summed E-state index contributed by atoms with van der Waals surface area (Å²) in [5.74, 6) is 0.347. The highest BCUT2D eigenvalue weighted by molar-refractivity contribution is 5.54. The Morgan fingerprint density at radius 2 is 1.81 bits per heavy atom. The minimum Gasteiger partial charge on any atom is -0.508 e. The van der Waals surface area contributed by atoms with Crippen molar-refractivity contribution in [1.29, 1.82) is 0 Å². The number of aliphatic hydroxyl groups excluding tert-OH is 1. The van der Waals surface area contributed by atoms with Crippen molar-refractivity contribution < 1.29 is 10.2 Å². The average Bonchev–Trinajstić information content (AvgIpc) is 2.96. The van der Waals surface area contributed by atoms with E-state index in [-0.39, 0.29) is 17.1 Å². The van der Waals surface area contributed by atoms with Crippen LogP contribution in [-0.4, -0.2) is 21.9 Å². The Labute approximate surface area is 160 Å². The smallest absolute Gasteiger partial charge is 0.115 e. The summed E-state index contributed by atoms with van der Waals surface area (Å²) in [6, 6.07) is 16.6.